The molecule has 1 aromatic rings. The van der Waals surface area contributed by atoms with Gasteiger partial charge in [0.1, 0.15) is 5.54 Å². The molecule has 21 heavy (non-hydrogen) atoms. The predicted molar refractivity (Wildman–Crippen MR) is 82.3 cm³/mol. The molecule has 114 valence electrons. The average Bonchev–Trinajstić information content (AvgIpc) is 3.09. The maximum Gasteiger partial charge on any atom is 0.325 e. The fraction of sp³-hybridized carbons (Fsp3) is 0.600. The summed E-state index contributed by atoms with van der Waals surface area (Å²) in [5, 5.41) is 5.02. The van der Waals surface area contributed by atoms with Gasteiger partial charge < -0.3 is 5.32 Å². The van der Waals surface area contributed by atoms with E-state index in [1.807, 2.05) is 13.8 Å². The van der Waals surface area contributed by atoms with Crippen LogP contribution >= 0.6 is 11.3 Å². The van der Waals surface area contributed by atoms with Gasteiger partial charge >= 0.3 is 6.03 Å². The van der Waals surface area contributed by atoms with Crippen LogP contribution in [0.2, 0.25) is 0 Å². The summed E-state index contributed by atoms with van der Waals surface area (Å²) in [4.78, 5) is 29.6. The zero-order valence-corrected chi connectivity index (χ0v) is 13.3. The maximum absolute atomic E-state index is 12.6. The minimum absolute atomic E-state index is 0.0545. The summed E-state index contributed by atoms with van der Waals surface area (Å²) < 4.78 is 0. The lowest BCUT2D eigenvalue weighted by Crippen LogP contribution is -2.49. The fourth-order valence-corrected chi connectivity index (χ4v) is 3.89. The first-order valence-corrected chi connectivity index (χ1v) is 8.30. The minimum Gasteiger partial charge on any atom is -0.322 e. The SMILES string of the molecule is CC(C)N1C(=O)N[C@]2(CCN(CCc3cccs3)C2)C1=O. The molecule has 0 saturated carbocycles. The zero-order chi connectivity index (χ0) is 15.0. The van der Waals surface area contributed by atoms with Crippen LogP contribution < -0.4 is 5.32 Å². The summed E-state index contributed by atoms with van der Waals surface area (Å²) >= 11 is 1.76. The number of likely N-dealkylation sites (tertiary alicyclic amines) is 1. The number of carbonyl (C=O) groups excluding carboxylic acids is 2. The highest BCUT2D eigenvalue weighted by Crippen LogP contribution is 2.29. The summed E-state index contributed by atoms with van der Waals surface area (Å²) in [5.74, 6) is -0.0545. The van der Waals surface area contributed by atoms with Crippen LogP contribution in [0.3, 0.4) is 0 Å². The van der Waals surface area contributed by atoms with Crippen molar-refractivity contribution >= 4 is 23.3 Å². The van der Waals surface area contributed by atoms with Crippen molar-refractivity contribution in [2.75, 3.05) is 19.6 Å². The quantitative estimate of drug-likeness (QED) is 0.861. The first kappa shape index (κ1) is 14.5. The molecule has 3 heterocycles. The number of nitrogens with one attached hydrogen (secondary N) is 1. The standard InChI is InChI=1S/C15H21N3O2S/c1-11(2)18-13(19)15(16-14(18)20)6-8-17(10-15)7-5-12-4-3-9-21-12/h3-4,9,11H,5-8,10H2,1-2H3,(H,16,20)/t15-/m0/s1. The lowest BCUT2D eigenvalue weighted by molar-refractivity contribution is -0.132. The second-order valence-electron chi connectivity index (χ2n) is 6.14. The van der Waals surface area contributed by atoms with Gasteiger partial charge in [-0.3, -0.25) is 14.6 Å². The van der Waals surface area contributed by atoms with Crippen molar-refractivity contribution in [2.45, 2.75) is 38.3 Å². The summed E-state index contributed by atoms with van der Waals surface area (Å²) in [5.41, 5.74) is -0.684. The van der Waals surface area contributed by atoms with Crippen molar-refractivity contribution < 1.29 is 9.59 Å². The molecule has 1 N–H and O–H groups in total. The molecule has 0 unspecified atom stereocenters. The molecule has 1 atom stereocenters. The molecule has 2 aliphatic rings. The van der Waals surface area contributed by atoms with Crippen molar-refractivity contribution in [3.8, 4) is 0 Å². The topological polar surface area (TPSA) is 52.7 Å². The molecule has 3 amide bonds. The lowest BCUT2D eigenvalue weighted by Gasteiger charge is -2.23. The van der Waals surface area contributed by atoms with E-state index >= 15 is 0 Å². The Morgan fingerprint density at radius 2 is 2.24 bits per heavy atom. The normalized spacial score (nSPS) is 26.3. The van der Waals surface area contributed by atoms with Gasteiger partial charge in [0.05, 0.1) is 0 Å². The van der Waals surface area contributed by atoms with Crippen molar-refractivity contribution in [1.82, 2.24) is 15.1 Å². The monoisotopic (exact) mass is 307 g/mol. The van der Waals surface area contributed by atoms with E-state index in [-0.39, 0.29) is 18.0 Å². The van der Waals surface area contributed by atoms with Gasteiger partial charge in [0.2, 0.25) is 0 Å². The number of amides is 3. The largest absolute Gasteiger partial charge is 0.325 e. The summed E-state index contributed by atoms with van der Waals surface area (Å²) in [6, 6.07) is 3.87. The van der Waals surface area contributed by atoms with Crippen LogP contribution in [0.1, 0.15) is 25.1 Å². The van der Waals surface area contributed by atoms with Gasteiger partial charge in [-0.15, -0.1) is 11.3 Å². The number of thiophene rings is 1. The van der Waals surface area contributed by atoms with Crippen molar-refractivity contribution in [3.63, 3.8) is 0 Å². The molecule has 0 bridgehead atoms. The van der Waals surface area contributed by atoms with Gasteiger partial charge in [-0.05, 0) is 38.1 Å². The van der Waals surface area contributed by atoms with E-state index in [4.69, 9.17) is 0 Å². The molecule has 2 aliphatic heterocycles. The molecule has 6 heteroatoms. The number of imide groups is 1. The van der Waals surface area contributed by atoms with Gasteiger partial charge in [-0.2, -0.15) is 0 Å². The van der Waals surface area contributed by atoms with E-state index in [9.17, 15) is 9.59 Å². The molecule has 5 nitrogen and oxygen atoms in total. The van der Waals surface area contributed by atoms with Gasteiger partial charge in [0.15, 0.2) is 0 Å². The Hall–Kier alpha value is -1.40. The predicted octanol–water partition coefficient (Wildman–Crippen LogP) is 1.70. The molecule has 1 aromatic heterocycles. The lowest BCUT2D eigenvalue weighted by atomic mass is 9.98. The number of hydrogen-bond donors (Lipinski definition) is 1. The van der Waals surface area contributed by atoms with Crippen LogP contribution in [0.15, 0.2) is 17.5 Å². The van der Waals surface area contributed by atoms with E-state index in [0.29, 0.717) is 13.0 Å². The van der Waals surface area contributed by atoms with E-state index in [1.54, 1.807) is 11.3 Å². The van der Waals surface area contributed by atoms with Crippen LogP contribution in [-0.4, -0.2) is 53.0 Å². The Bertz CT molecular complexity index is 543. The molecule has 3 rings (SSSR count). The zero-order valence-electron chi connectivity index (χ0n) is 12.5. The Labute approximate surface area is 128 Å². The molecular formula is C15H21N3O2S. The summed E-state index contributed by atoms with van der Waals surface area (Å²) in [6.07, 6.45) is 1.72. The molecule has 0 radical (unpaired) electrons. The third kappa shape index (κ3) is 2.58. The maximum atomic E-state index is 12.6. The van der Waals surface area contributed by atoms with Crippen molar-refractivity contribution in [2.24, 2.45) is 0 Å². The van der Waals surface area contributed by atoms with E-state index < -0.39 is 5.54 Å². The molecule has 0 aliphatic carbocycles. The number of rotatable bonds is 4. The highest BCUT2D eigenvalue weighted by atomic mass is 32.1. The first-order valence-electron chi connectivity index (χ1n) is 7.42. The number of urea groups is 1. The van der Waals surface area contributed by atoms with Crippen molar-refractivity contribution in [1.29, 1.82) is 0 Å². The second-order valence-corrected chi connectivity index (χ2v) is 7.17. The van der Waals surface area contributed by atoms with Gasteiger partial charge in [-0.1, -0.05) is 6.07 Å². The smallest absolute Gasteiger partial charge is 0.322 e. The van der Waals surface area contributed by atoms with E-state index in [2.05, 4.69) is 27.7 Å². The van der Waals surface area contributed by atoms with E-state index in [1.165, 1.54) is 9.78 Å². The molecule has 1 spiro atoms. The Morgan fingerprint density at radius 1 is 1.43 bits per heavy atom. The van der Waals surface area contributed by atoms with Gasteiger partial charge in [0.25, 0.3) is 5.91 Å². The van der Waals surface area contributed by atoms with Crippen LogP contribution in [0, 0.1) is 0 Å². The fourth-order valence-electron chi connectivity index (χ4n) is 3.19. The molecule has 2 fully saturated rings. The third-order valence-electron chi connectivity index (χ3n) is 4.31. The molecule has 0 aromatic carbocycles. The van der Waals surface area contributed by atoms with Crippen molar-refractivity contribution in [3.05, 3.63) is 22.4 Å². The number of nitrogens with zero attached hydrogens (tertiary/aromatic N) is 2. The highest BCUT2D eigenvalue weighted by Gasteiger charge is 2.54. The van der Waals surface area contributed by atoms with Crippen LogP contribution in [-0.2, 0) is 11.2 Å². The Morgan fingerprint density at radius 3 is 2.86 bits per heavy atom. The Kier molecular flexibility index (Phi) is 3.75. The average molecular weight is 307 g/mol. The van der Waals surface area contributed by atoms with Crippen LogP contribution in [0.5, 0.6) is 0 Å². The number of hydrogen-bond acceptors (Lipinski definition) is 4. The second kappa shape index (κ2) is 5.42. The molecular weight excluding hydrogens is 286 g/mol. The van der Waals surface area contributed by atoms with E-state index in [0.717, 1.165) is 19.5 Å². The number of carbonyl (C=O) groups is 2. The summed E-state index contributed by atoms with van der Waals surface area (Å²) in [6.45, 7) is 6.18. The summed E-state index contributed by atoms with van der Waals surface area (Å²) in [7, 11) is 0. The van der Waals surface area contributed by atoms with Crippen LogP contribution in [0.4, 0.5) is 4.79 Å². The first-order chi connectivity index (χ1) is 10.0. The third-order valence-corrected chi connectivity index (χ3v) is 5.25. The van der Waals surface area contributed by atoms with Gasteiger partial charge in [0, 0.05) is 30.6 Å². The highest BCUT2D eigenvalue weighted by molar-refractivity contribution is 7.09. The minimum atomic E-state index is -0.684. The van der Waals surface area contributed by atoms with Gasteiger partial charge in [-0.25, -0.2) is 4.79 Å². The molecule has 2 saturated heterocycles. The Balaban J connectivity index is 1.63. The van der Waals surface area contributed by atoms with Crippen LogP contribution in [0.25, 0.3) is 0 Å².